The summed E-state index contributed by atoms with van der Waals surface area (Å²) < 4.78 is 7.28. The molecule has 0 amide bonds. The van der Waals surface area contributed by atoms with E-state index in [4.69, 9.17) is 15.6 Å². The normalized spacial score (nSPS) is 11.0. The fourth-order valence-electron chi connectivity index (χ4n) is 2.04. The summed E-state index contributed by atoms with van der Waals surface area (Å²) in [4.78, 5) is 8.60. The van der Waals surface area contributed by atoms with Crippen molar-refractivity contribution in [2.75, 3.05) is 5.73 Å². The van der Waals surface area contributed by atoms with Crippen molar-refractivity contribution in [1.82, 2.24) is 19.7 Å². The highest BCUT2D eigenvalue weighted by Gasteiger charge is 2.09. The predicted molar refractivity (Wildman–Crippen MR) is 77.4 cm³/mol. The zero-order valence-corrected chi connectivity index (χ0v) is 11.5. The Morgan fingerprint density at radius 3 is 3.00 bits per heavy atom. The van der Waals surface area contributed by atoms with Gasteiger partial charge in [-0.15, -0.1) is 0 Å². The molecule has 0 unspecified atom stereocenters. The van der Waals surface area contributed by atoms with Crippen molar-refractivity contribution < 1.29 is 9.84 Å². The number of anilines is 1. The number of ether oxygens (including phenoxy) is 1. The van der Waals surface area contributed by atoms with Crippen LogP contribution >= 0.6 is 0 Å². The van der Waals surface area contributed by atoms with Crippen LogP contribution in [-0.4, -0.2) is 24.9 Å². The molecule has 0 fully saturated rings. The minimum Gasteiger partial charge on any atom is -0.486 e. The van der Waals surface area contributed by atoms with Gasteiger partial charge in [0.2, 0.25) is 0 Å². The van der Waals surface area contributed by atoms with Gasteiger partial charge in [-0.1, -0.05) is 12.1 Å². The Hall–Kier alpha value is -2.67. The Balaban J connectivity index is 1.83. The second kappa shape index (κ2) is 5.37. The van der Waals surface area contributed by atoms with Gasteiger partial charge in [0.25, 0.3) is 0 Å². The van der Waals surface area contributed by atoms with E-state index in [1.165, 1.54) is 0 Å². The summed E-state index contributed by atoms with van der Waals surface area (Å²) in [7, 11) is 1.80. The second-order valence-electron chi connectivity index (χ2n) is 4.62. The van der Waals surface area contributed by atoms with Crippen LogP contribution in [0.25, 0.3) is 11.0 Å². The van der Waals surface area contributed by atoms with Crippen LogP contribution < -0.4 is 10.5 Å². The Morgan fingerprint density at radius 1 is 1.33 bits per heavy atom. The molecule has 0 spiro atoms. The molecule has 0 radical (unpaired) electrons. The molecule has 3 rings (SSSR count). The highest BCUT2D eigenvalue weighted by atomic mass is 16.5. The van der Waals surface area contributed by atoms with Crippen molar-refractivity contribution in [2.24, 2.45) is 7.05 Å². The quantitative estimate of drug-likeness (QED) is 0.742. The fourth-order valence-corrected chi connectivity index (χ4v) is 2.04. The largest absolute Gasteiger partial charge is 0.486 e. The molecular formula is C14H15N5O2. The van der Waals surface area contributed by atoms with Crippen LogP contribution in [0.2, 0.25) is 0 Å². The zero-order chi connectivity index (χ0) is 14.8. The Morgan fingerprint density at radius 2 is 2.19 bits per heavy atom. The van der Waals surface area contributed by atoms with Crippen molar-refractivity contribution in [3.05, 3.63) is 41.9 Å². The smallest absolute Gasteiger partial charge is 0.170 e. The molecule has 1 aromatic carbocycles. The Kier molecular flexibility index (Phi) is 3.41. The lowest BCUT2D eigenvalue weighted by Crippen LogP contribution is -2.06. The summed E-state index contributed by atoms with van der Waals surface area (Å²) >= 11 is 0. The number of benzene rings is 1. The molecule has 7 heteroatoms. The van der Waals surface area contributed by atoms with Crippen molar-refractivity contribution in [1.29, 1.82) is 0 Å². The zero-order valence-electron chi connectivity index (χ0n) is 11.5. The molecule has 0 aliphatic rings. The summed E-state index contributed by atoms with van der Waals surface area (Å²) in [5, 5.41) is 13.9. The molecule has 0 aliphatic heterocycles. The number of nitrogens with zero attached hydrogens (tertiary/aromatic N) is 4. The van der Waals surface area contributed by atoms with Crippen LogP contribution in [0.4, 0.5) is 5.82 Å². The molecule has 0 aliphatic carbocycles. The summed E-state index contributed by atoms with van der Waals surface area (Å²) in [6, 6.07) is 7.22. The van der Waals surface area contributed by atoms with E-state index in [-0.39, 0.29) is 13.2 Å². The number of aliphatic hydroxyl groups excluding tert-OH is 1. The lowest BCUT2D eigenvalue weighted by Gasteiger charge is -2.07. The van der Waals surface area contributed by atoms with Gasteiger partial charge in [-0.05, 0) is 17.7 Å². The maximum Gasteiger partial charge on any atom is 0.170 e. The molecule has 2 aromatic heterocycles. The topological polar surface area (TPSA) is 99.1 Å². The maximum atomic E-state index is 9.10. The van der Waals surface area contributed by atoms with Crippen LogP contribution in [0.1, 0.15) is 11.4 Å². The summed E-state index contributed by atoms with van der Waals surface area (Å²) in [5.74, 6) is 1.52. The van der Waals surface area contributed by atoms with Gasteiger partial charge in [-0.2, -0.15) is 5.10 Å². The van der Waals surface area contributed by atoms with Gasteiger partial charge < -0.3 is 15.6 Å². The predicted octanol–water partition coefficient (Wildman–Crippen LogP) is 1.02. The van der Waals surface area contributed by atoms with Crippen molar-refractivity contribution in [3.63, 3.8) is 0 Å². The van der Waals surface area contributed by atoms with Gasteiger partial charge in [0, 0.05) is 7.05 Å². The fraction of sp³-hybridized carbons (Fsp3) is 0.214. The summed E-state index contributed by atoms with van der Waals surface area (Å²) in [5.41, 5.74) is 7.35. The number of nitrogen functional groups attached to an aromatic ring is 1. The average Bonchev–Trinajstić information content (AvgIpc) is 2.87. The van der Waals surface area contributed by atoms with Gasteiger partial charge in [0.15, 0.2) is 11.5 Å². The van der Waals surface area contributed by atoms with E-state index < -0.39 is 0 Å². The number of aliphatic hydroxyl groups is 1. The maximum absolute atomic E-state index is 9.10. The number of hydrogen-bond acceptors (Lipinski definition) is 6. The molecule has 7 nitrogen and oxygen atoms in total. The third kappa shape index (κ3) is 2.63. The first kappa shape index (κ1) is 13.3. The van der Waals surface area contributed by atoms with E-state index in [0.717, 1.165) is 10.9 Å². The third-order valence-electron chi connectivity index (χ3n) is 3.12. The van der Waals surface area contributed by atoms with E-state index in [2.05, 4.69) is 15.1 Å². The minimum absolute atomic E-state index is 0.0262. The molecule has 0 saturated heterocycles. The van der Waals surface area contributed by atoms with E-state index >= 15 is 0 Å². The Labute approximate surface area is 121 Å². The number of aryl methyl sites for hydroxylation is 1. The van der Waals surface area contributed by atoms with Crippen LogP contribution in [-0.2, 0) is 20.3 Å². The number of aromatic nitrogens is 4. The van der Waals surface area contributed by atoms with Crippen molar-refractivity contribution in [3.8, 4) is 5.75 Å². The minimum atomic E-state index is -0.0262. The highest BCUT2D eigenvalue weighted by molar-refractivity contribution is 5.84. The van der Waals surface area contributed by atoms with Gasteiger partial charge in [0.05, 0.1) is 18.2 Å². The first-order valence-electron chi connectivity index (χ1n) is 6.44. The van der Waals surface area contributed by atoms with Crippen LogP contribution in [0.15, 0.2) is 30.5 Å². The van der Waals surface area contributed by atoms with E-state index in [0.29, 0.717) is 23.0 Å². The first-order valence-corrected chi connectivity index (χ1v) is 6.44. The van der Waals surface area contributed by atoms with E-state index in [9.17, 15) is 0 Å². The summed E-state index contributed by atoms with van der Waals surface area (Å²) in [6.07, 6.45) is 1.64. The van der Waals surface area contributed by atoms with Gasteiger partial charge in [0.1, 0.15) is 18.2 Å². The van der Waals surface area contributed by atoms with Crippen LogP contribution in [0.5, 0.6) is 5.75 Å². The molecule has 0 atom stereocenters. The lowest BCUT2D eigenvalue weighted by molar-refractivity contribution is 0.276. The van der Waals surface area contributed by atoms with Crippen LogP contribution in [0, 0.1) is 0 Å². The van der Waals surface area contributed by atoms with Gasteiger partial charge in [-0.25, -0.2) is 9.97 Å². The monoisotopic (exact) mass is 285 g/mol. The molecule has 108 valence electrons. The van der Waals surface area contributed by atoms with Crippen molar-refractivity contribution in [2.45, 2.75) is 13.2 Å². The third-order valence-corrected chi connectivity index (χ3v) is 3.12. The Bertz CT molecular complexity index is 784. The average molecular weight is 285 g/mol. The molecule has 3 aromatic rings. The standard InChI is InChI=1S/C14H15N5O2/c1-19-14-11(6-16-19)13(15)17-12(18-14)8-21-10-4-2-3-9(5-10)7-20/h2-6,20H,7-8H2,1H3,(H2,15,17,18). The lowest BCUT2D eigenvalue weighted by atomic mass is 10.2. The van der Waals surface area contributed by atoms with Crippen molar-refractivity contribution >= 4 is 16.9 Å². The number of rotatable bonds is 4. The molecule has 0 bridgehead atoms. The SMILES string of the molecule is Cn1ncc2c(N)nc(COc3cccc(CO)c3)nc21. The van der Waals surface area contributed by atoms with E-state index in [1.54, 1.807) is 24.0 Å². The highest BCUT2D eigenvalue weighted by Crippen LogP contribution is 2.18. The molecule has 0 saturated carbocycles. The number of hydrogen-bond donors (Lipinski definition) is 2. The molecule has 2 heterocycles. The van der Waals surface area contributed by atoms with Gasteiger partial charge >= 0.3 is 0 Å². The van der Waals surface area contributed by atoms with E-state index in [1.807, 2.05) is 18.2 Å². The molecule has 21 heavy (non-hydrogen) atoms. The molecule has 3 N–H and O–H groups in total. The second-order valence-corrected chi connectivity index (χ2v) is 4.62. The molecular weight excluding hydrogens is 270 g/mol. The number of nitrogens with two attached hydrogens (primary N) is 1. The summed E-state index contributed by atoms with van der Waals surface area (Å²) in [6.45, 7) is 0.168. The van der Waals surface area contributed by atoms with Crippen LogP contribution in [0.3, 0.4) is 0 Å². The van der Waals surface area contributed by atoms with Gasteiger partial charge in [-0.3, -0.25) is 4.68 Å². The number of fused-ring (bicyclic) bond motifs is 1. The first-order chi connectivity index (χ1) is 10.2.